The summed E-state index contributed by atoms with van der Waals surface area (Å²) in [5.74, 6) is 0.796. The van der Waals surface area contributed by atoms with Gasteiger partial charge in [-0.1, -0.05) is 12.1 Å². The first kappa shape index (κ1) is 15.2. The van der Waals surface area contributed by atoms with Gasteiger partial charge in [-0.25, -0.2) is 9.37 Å². The van der Waals surface area contributed by atoms with Crippen LogP contribution < -0.4 is 10.6 Å². The molecule has 0 spiro atoms. The number of aryl methyl sites for hydroxylation is 2. The van der Waals surface area contributed by atoms with Crippen molar-refractivity contribution in [1.29, 1.82) is 0 Å². The van der Waals surface area contributed by atoms with Crippen LogP contribution in [0.25, 0.3) is 0 Å². The Morgan fingerprint density at radius 3 is 2.76 bits per heavy atom. The third-order valence-electron chi connectivity index (χ3n) is 3.15. The first-order chi connectivity index (χ1) is 10.0. The predicted octanol–water partition coefficient (Wildman–Crippen LogP) is 3.22. The summed E-state index contributed by atoms with van der Waals surface area (Å²) < 4.78 is 19.0. The average molecular weight is 293 g/mol. The van der Waals surface area contributed by atoms with E-state index in [1.165, 1.54) is 0 Å². The smallest absolute Gasteiger partial charge is 0.224 e. The standard InChI is InChI=1S/C14H20FN5O/c1-5-6-16-14-17-7-11(15)13(19-14)18-8(2)12-9(3)20-21-10(12)4/h7-8H,5-6H2,1-4H3,(H2,16,17,18,19). The van der Waals surface area contributed by atoms with Gasteiger partial charge < -0.3 is 15.2 Å². The lowest BCUT2D eigenvalue weighted by Crippen LogP contribution is -2.13. The Bertz CT molecular complexity index is 594. The predicted molar refractivity (Wildman–Crippen MR) is 78.8 cm³/mol. The molecule has 114 valence electrons. The monoisotopic (exact) mass is 293 g/mol. The number of anilines is 2. The van der Waals surface area contributed by atoms with Crippen molar-refractivity contribution in [2.75, 3.05) is 17.2 Å². The number of hydrogen-bond donors (Lipinski definition) is 2. The first-order valence-electron chi connectivity index (χ1n) is 6.98. The topological polar surface area (TPSA) is 75.9 Å². The largest absolute Gasteiger partial charge is 0.361 e. The molecule has 7 heteroatoms. The van der Waals surface area contributed by atoms with Crippen molar-refractivity contribution >= 4 is 11.8 Å². The summed E-state index contributed by atoms with van der Waals surface area (Å²) in [6, 6.07) is -0.167. The third kappa shape index (κ3) is 3.48. The number of aromatic nitrogens is 3. The van der Waals surface area contributed by atoms with Crippen molar-refractivity contribution in [2.24, 2.45) is 0 Å². The van der Waals surface area contributed by atoms with Crippen LogP contribution >= 0.6 is 0 Å². The van der Waals surface area contributed by atoms with E-state index in [4.69, 9.17) is 4.52 Å². The highest BCUT2D eigenvalue weighted by molar-refractivity contribution is 5.44. The number of nitrogens with zero attached hydrogens (tertiary/aromatic N) is 3. The van der Waals surface area contributed by atoms with Gasteiger partial charge in [-0.15, -0.1) is 0 Å². The summed E-state index contributed by atoms with van der Waals surface area (Å²) >= 11 is 0. The Morgan fingerprint density at radius 2 is 2.14 bits per heavy atom. The quantitative estimate of drug-likeness (QED) is 0.851. The van der Waals surface area contributed by atoms with Crippen molar-refractivity contribution in [3.8, 4) is 0 Å². The lowest BCUT2D eigenvalue weighted by molar-refractivity contribution is 0.392. The fraction of sp³-hybridized carbons (Fsp3) is 0.500. The second-order valence-electron chi connectivity index (χ2n) is 4.92. The van der Waals surface area contributed by atoms with E-state index in [0.717, 1.165) is 30.4 Å². The molecule has 2 aromatic heterocycles. The SMILES string of the molecule is CCCNc1ncc(F)c(NC(C)c2c(C)noc2C)n1. The molecule has 2 heterocycles. The molecule has 2 N–H and O–H groups in total. The molecular formula is C14H20FN5O. The summed E-state index contributed by atoms with van der Waals surface area (Å²) in [6.45, 7) is 8.37. The molecule has 6 nitrogen and oxygen atoms in total. The van der Waals surface area contributed by atoms with E-state index >= 15 is 0 Å². The Labute approximate surface area is 123 Å². The van der Waals surface area contributed by atoms with E-state index < -0.39 is 5.82 Å². The second-order valence-corrected chi connectivity index (χ2v) is 4.92. The van der Waals surface area contributed by atoms with E-state index in [1.807, 2.05) is 27.7 Å². The van der Waals surface area contributed by atoms with Crippen molar-refractivity contribution in [3.63, 3.8) is 0 Å². The highest BCUT2D eigenvalue weighted by atomic mass is 19.1. The molecular weight excluding hydrogens is 273 g/mol. The van der Waals surface area contributed by atoms with Gasteiger partial charge in [0.1, 0.15) is 5.76 Å². The molecule has 21 heavy (non-hydrogen) atoms. The van der Waals surface area contributed by atoms with Crippen LogP contribution in [0.1, 0.15) is 43.3 Å². The average Bonchev–Trinajstić information content (AvgIpc) is 2.79. The van der Waals surface area contributed by atoms with Gasteiger partial charge in [0.05, 0.1) is 17.9 Å². The number of rotatable bonds is 6. The minimum Gasteiger partial charge on any atom is -0.361 e. The van der Waals surface area contributed by atoms with Crippen LogP contribution in [0.5, 0.6) is 0 Å². The molecule has 0 saturated heterocycles. The first-order valence-corrected chi connectivity index (χ1v) is 6.98. The molecule has 1 atom stereocenters. The van der Waals surface area contributed by atoms with Crippen molar-refractivity contribution in [2.45, 2.75) is 40.2 Å². The molecule has 0 fully saturated rings. The second kappa shape index (κ2) is 6.51. The Hall–Kier alpha value is -2.18. The minimum absolute atomic E-state index is 0.163. The molecule has 0 radical (unpaired) electrons. The summed E-state index contributed by atoms with van der Waals surface area (Å²) in [5.41, 5.74) is 1.70. The van der Waals surface area contributed by atoms with Crippen LogP contribution in [0, 0.1) is 19.7 Å². The van der Waals surface area contributed by atoms with Crippen molar-refractivity contribution in [3.05, 3.63) is 29.0 Å². The molecule has 0 aliphatic rings. The van der Waals surface area contributed by atoms with Gasteiger partial charge in [0, 0.05) is 12.1 Å². The van der Waals surface area contributed by atoms with E-state index in [1.54, 1.807) is 0 Å². The zero-order valence-electron chi connectivity index (χ0n) is 12.7. The van der Waals surface area contributed by atoms with Crippen LogP contribution in [0.15, 0.2) is 10.7 Å². The molecule has 0 aliphatic heterocycles. The van der Waals surface area contributed by atoms with Gasteiger partial charge in [-0.3, -0.25) is 0 Å². The van der Waals surface area contributed by atoms with Crippen molar-refractivity contribution < 1.29 is 8.91 Å². The van der Waals surface area contributed by atoms with E-state index in [9.17, 15) is 4.39 Å². The fourth-order valence-corrected chi connectivity index (χ4v) is 2.18. The highest BCUT2D eigenvalue weighted by Crippen LogP contribution is 2.25. The van der Waals surface area contributed by atoms with Gasteiger partial charge in [0.15, 0.2) is 11.6 Å². The normalized spacial score (nSPS) is 12.2. The van der Waals surface area contributed by atoms with E-state index in [0.29, 0.717) is 11.7 Å². The van der Waals surface area contributed by atoms with Crippen LogP contribution in [-0.2, 0) is 0 Å². The van der Waals surface area contributed by atoms with Crippen molar-refractivity contribution in [1.82, 2.24) is 15.1 Å². The lowest BCUT2D eigenvalue weighted by atomic mass is 10.1. The summed E-state index contributed by atoms with van der Waals surface area (Å²) in [5, 5.41) is 9.98. The maximum Gasteiger partial charge on any atom is 0.224 e. The highest BCUT2D eigenvalue weighted by Gasteiger charge is 2.18. The molecule has 0 bridgehead atoms. The van der Waals surface area contributed by atoms with E-state index in [-0.39, 0.29) is 11.9 Å². The van der Waals surface area contributed by atoms with Crippen LogP contribution in [0.2, 0.25) is 0 Å². The van der Waals surface area contributed by atoms with Gasteiger partial charge in [-0.2, -0.15) is 4.98 Å². The minimum atomic E-state index is -0.490. The molecule has 0 saturated carbocycles. The fourth-order valence-electron chi connectivity index (χ4n) is 2.18. The molecule has 2 aromatic rings. The van der Waals surface area contributed by atoms with Gasteiger partial charge >= 0.3 is 0 Å². The zero-order valence-corrected chi connectivity index (χ0v) is 12.7. The maximum absolute atomic E-state index is 13.8. The number of halogens is 1. The molecule has 0 aromatic carbocycles. The van der Waals surface area contributed by atoms with E-state index in [2.05, 4.69) is 25.8 Å². The molecule has 0 aliphatic carbocycles. The van der Waals surface area contributed by atoms with Gasteiger partial charge in [-0.05, 0) is 27.2 Å². The van der Waals surface area contributed by atoms with Crippen LogP contribution in [0.3, 0.4) is 0 Å². The third-order valence-corrected chi connectivity index (χ3v) is 3.15. The van der Waals surface area contributed by atoms with Crippen LogP contribution in [0.4, 0.5) is 16.2 Å². The number of hydrogen-bond acceptors (Lipinski definition) is 6. The Balaban J connectivity index is 2.18. The Morgan fingerprint density at radius 1 is 1.38 bits per heavy atom. The maximum atomic E-state index is 13.8. The van der Waals surface area contributed by atoms with Gasteiger partial charge in [0.2, 0.25) is 5.95 Å². The summed E-state index contributed by atoms with van der Waals surface area (Å²) in [6.07, 6.45) is 2.10. The Kier molecular flexibility index (Phi) is 4.72. The zero-order chi connectivity index (χ0) is 15.4. The summed E-state index contributed by atoms with van der Waals surface area (Å²) in [7, 11) is 0. The van der Waals surface area contributed by atoms with Crippen LogP contribution in [-0.4, -0.2) is 21.7 Å². The molecule has 2 rings (SSSR count). The summed E-state index contributed by atoms with van der Waals surface area (Å²) in [4.78, 5) is 8.07. The molecule has 0 amide bonds. The molecule has 1 unspecified atom stereocenters. The van der Waals surface area contributed by atoms with Gasteiger partial charge in [0.25, 0.3) is 0 Å². The number of nitrogens with one attached hydrogen (secondary N) is 2. The lowest BCUT2D eigenvalue weighted by Gasteiger charge is -2.15.